The lowest BCUT2D eigenvalue weighted by molar-refractivity contribution is -0.112. The van der Waals surface area contributed by atoms with Crippen molar-refractivity contribution < 1.29 is 19.8 Å². The van der Waals surface area contributed by atoms with Gasteiger partial charge in [0.25, 0.3) is 5.91 Å². The van der Waals surface area contributed by atoms with E-state index in [9.17, 15) is 4.79 Å². The first-order valence-corrected chi connectivity index (χ1v) is 11.5. The van der Waals surface area contributed by atoms with Crippen LogP contribution in [0.4, 0.5) is 9.80 Å². The fraction of sp³-hybridized carbons (Fsp3) is 0.500. The first kappa shape index (κ1) is 20.0. The number of carboxylic acid groups (broad SMARTS) is 2. The molecule has 0 radical (unpaired) electrons. The van der Waals surface area contributed by atoms with Gasteiger partial charge in [-0.05, 0) is 74.9 Å². The maximum absolute atomic E-state index is 12.6. The Bertz CT molecular complexity index is 955. The van der Waals surface area contributed by atoms with Gasteiger partial charge in [0, 0.05) is 16.4 Å². The van der Waals surface area contributed by atoms with Gasteiger partial charge in [-0.3, -0.25) is 4.79 Å². The number of amides is 1. The number of thiophene rings is 1. The zero-order valence-corrected chi connectivity index (χ0v) is 17.6. The van der Waals surface area contributed by atoms with E-state index in [4.69, 9.17) is 20.0 Å². The van der Waals surface area contributed by atoms with E-state index >= 15 is 0 Å². The van der Waals surface area contributed by atoms with E-state index in [-0.39, 0.29) is 5.91 Å². The van der Waals surface area contributed by atoms with Crippen LogP contribution < -0.4 is 5.32 Å². The minimum atomic E-state index is -1.83. The summed E-state index contributed by atoms with van der Waals surface area (Å²) in [4.78, 5) is 27.5. The molecule has 0 aromatic carbocycles. The summed E-state index contributed by atoms with van der Waals surface area (Å²) >= 11 is 3.26. The molecule has 2 aromatic rings. The molecular formula is C20H23N3O4S2. The molecule has 2 aromatic heterocycles. The number of carbonyl (C=O) groups is 2. The number of nitrogens with zero attached hydrogens (tertiary/aromatic N) is 2. The summed E-state index contributed by atoms with van der Waals surface area (Å²) in [6.45, 7) is 0. The quantitative estimate of drug-likeness (QED) is 0.603. The average molecular weight is 434 g/mol. The molecule has 0 spiro atoms. The van der Waals surface area contributed by atoms with E-state index < -0.39 is 6.16 Å². The standard InChI is InChI=1S/C19H21N3OS2.CH2O3/c23-17(12-5-1-2-6-12)21-18-15(13-7-3-4-8-14(13)24-18)19-20-16(22-25-19)11-9-10-11;2-1(3)4/h5,11H,1-4,6-10H2,(H,21,23);(H2,2,3,4). The summed E-state index contributed by atoms with van der Waals surface area (Å²) in [5, 5.41) is 19.1. The van der Waals surface area contributed by atoms with Crippen LogP contribution in [-0.2, 0) is 17.6 Å². The number of anilines is 1. The topological polar surface area (TPSA) is 112 Å². The Morgan fingerprint density at radius 1 is 1.10 bits per heavy atom. The monoisotopic (exact) mass is 433 g/mol. The highest BCUT2D eigenvalue weighted by Gasteiger charge is 2.30. The molecule has 0 saturated heterocycles. The molecule has 0 bridgehead atoms. The molecule has 2 heterocycles. The van der Waals surface area contributed by atoms with E-state index in [1.807, 2.05) is 0 Å². The lowest BCUT2D eigenvalue weighted by Crippen LogP contribution is -2.13. The van der Waals surface area contributed by atoms with Gasteiger partial charge < -0.3 is 15.5 Å². The number of carbonyl (C=O) groups excluding carboxylic acids is 1. The van der Waals surface area contributed by atoms with Crippen LogP contribution in [0.25, 0.3) is 10.6 Å². The number of nitrogens with one attached hydrogen (secondary N) is 1. The minimum Gasteiger partial charge on any atom is -0.450 e. The summed E-state index contributed by atoms with van der Waals surface area (Å²) in [6.07, 6.45) is 10.4. The van der Waals surface area contributed by atoms with Gasteiger partial charge in [0.2, 0.25) is 0 Å². The van der Waals surface area contributed by atoms with Gasteiger partial charge >= 0.3 is 6.16 Å². The minimum absolute atomic E-state index is 0.0734. The van der Waals surface area contributed by atoms with Gasteiger partial charge in [-0.15, -0.1) is 11.3 Å². The summed E-state index contributed by atoms with van der Waals surface area (Å²) in [5.41, 5.74) is 3.51. The van der Waals surface area contributed by atoms with Crippen LogP contribution in [-0.4, -0.2) is 31.6 Å². The Hall–Kier alpha value is -2.26. The van der Waals surface area contributed by atoms with Gasteiger partial charge in [-0.2, -0.15) is 4.37 Å². The second-order valence-electron chi connectivity index (χ2n) is 7.51. The van der Waals surface area contributed by atoms with E-state index in [2.05, 4.69) is 15.8 Å². The van der Waals surface area contributed by atoms with Crippen molar-refractivity contribution in [2.24, 2.45) is 0 Å². The third kappa shape index (κ3) is 4.67. The van der Waals surface area contributed by atoms with Crippen molar-refractivity contribution in [3.63, 3.8) is 0 Å². The maximum atomic E-state index is 12.6. The average Bonchev–Trinajstić information content (AvgIpc) is 3.11. The van der Waals surface area contributed by atoms with Crippen LogP contribution in [0, 0.1) is 0 Å². The third-order valence-corrected chi connectivity index (χ3v) is 7.28. The Morgan fingerprint density at radius 3 is 2.55 bits per heavy atom. The van der Waals surface area contributed by atoms with Gasteiger partial charge in [0.1, 0.15) is 15.8 Å². The lowest BCUT2D eigenvalue weighted by atomic mass is 9.95. The predicted octanol–water partition coefficient (Wildman–Crippen LogP) is 5.29. The van der Waals surface area contributed by atoms with Crippen molar-refractivity contribution in [1.82, 2.24) is 9.36 Å². The molecule has 3 aliphatic carbocycles. The zero-order chi connectivity index (χ0) is 20.4. The van der Waals surface area contributed by atoms with Crippen LogP contribution in [0.15, 0.2) is 11.6 Å². The van der Waals surface area contributed by atoms with Gasteiger partial charge in [0.05, 0.1) is 5.56 Å². The normalized spacial score (nSPS) is 17.7. The Morgan fingerprint density at radius 2 is 1.86 bits per heavy atom. The number of aromatic nitrogens is 2. The number of fused-ring (bicyclic) bond motifs is 1. The van der Waals surface area contributed by atoms with Gasteiger partial charge in [-0.25, -0.2) is 9.78 Å². The Labute approximate surface area is 176 Å². The van der Waals surface area contributed by atoms with Gasteiger partial charge in [0.15, 0.2) is 0 Å². The lowest BCUT2D eigenvalue weighted by Gasteiger charge is -2.11. The highest BCUT2D eigenvalue weighted by atomic mass is 32.1. The third-order valence-electron chi connectivity index (χ3n) is 5.33. The Kier molecular flexibility index (Phi) is 5.96. The zero-order valence-electron chi connectivity index (χ0n) is 15.9. The van der Waals surface area contributed by atoms with E-state index in [0.717, 1.165) is 59.1 Å². The molecule has 154 valence electrons. The summed E-state index contributed by atoms with van der Waals surface area (Å²) < 4.78 is 4.59. The van der Waals surface area contributed by atoms with Crippen LogP contribution in [0.3, 0.4) is 0 Å². The molecular weight excluding hydrogens is 410 g/mol. The molecule has 1 fully saturated rings. The van der Waals surface area contributed by atoms with Crippen LogP contribution in [0.1, 0.15) is 67.1 Å². The van der Waals surface area contributed by atoms with Crippen molar-refractivity contribution in [3.05, 3.63) is 27.9 Å². The molecule has 5 rings (SSSR count). The van der Waals surface area contributed by atoms with Crippen molar-refractivity contribution in [3.8, 4) is 10.6 Å². The van der Waals surface area contributed by atoms with Gasteiger partial charge in [-0.1, -0.05) is 6.08 Å². The smallest absolute Gasteiger partial charge is 0.450 e. The molecule has 7 nitrogen and oxygen atoms in total. The number of rotatable bonds is 4. The number of aryl methyl sites for hydroxylation is 1. The van der Waals surface area contributed by atoms with Crippen LogP contribution in [0.5, 0.6) is 0 Å². The van der Waals surface area contributed by atoms with Crippen molar-refractivity contribution in [1.29, 1.82) is 0 Å². The van der Waals surface area contributed by atoms with Crippen molar-refractivity contribution in [2.45, 2.75) is 63.7 Å². The second kappa shape index (κ2) is 8.62. The highest BCUT2D eigenvalue weighted by Crippen LogP contribution is 2.46. The number of allylic oxidation sites excluding steroid dienone is 1. The molecule has 29 heavy (non-hydrogen) atoms. The molecule has 1 amide bonds. The number of hydrogen-bond acceptors (Lipinski definition) is 6. The predicted molar refractivity (Wildman–Crippen MR) is 113 cm³/mol. The largest absolute Gasteiger partial charge is 0.503 e. The first-order chi connectivity index (χ1) is 14.0. The molecule has 9 heteroatoms. The molecule has 0 aliphatic heterocycles. The van der Waals surface area contributed by atoms with Crippen LogP contribution in [0.2, 0.25) is 0 Å². The van der Waals surface area contributed by atoms with Crippen molar-refractivity contribution >= 4 is 39.9 Å². The Balaban J connectivity index is 0.000000472. The summed E-state index contributed by atoms with van der Waals surface area (Å²) in [6, 6.07) is 0. The second-order valence-corrected chi connectivity index (χ2v) is 9.36. The molecule has 1 saturated carbocycles. The van der Waals surface area contributed by atoms with E-state index in [0.29, 0.717) is 5.92 Å². The van der Waals surface area contributed by atoms with E-state index in [1.54, 1.807) is 11.3 Å². The van der Waals surface area contributed by atoms with Crippen LogP contribution >= 0.6 is 22.9 Å². The van der Waals surface area contributed by atoms with Crippen molar-refractivity contribution in [2.75, 3.05) is 5.32 Å². The maximum Gasteiger partial charge on any atom is 0.503 e. The fourth-order valence-electron chi connectivity index (χ4n) is 3.78. The number of hydrogen-bond donors (Lipinski definition) is 3. The first-order valence-electron chi connectivity index (χ1n) is 9.93. The highest BCUT2D eigenvalue weighted by molar-refractivity contribution is 7.18. The summed E-state index contributed by atoms with van der Waals surface area (Å²) in [5.74, 6) is 1.65. The molecule has 3 N–H and O–H groups in total. The molecule has 0 unspecified atom stereocenters. The SMILES string of the molecule is O=C(Nc1sc2c(c1-c1nc(C3CC3)ns1)CCCC2)C1=CCCC1.O=C(O)O. The molecule has 0 atom stereocenters. The fourth-order valence-corrected chi connectivity index (χ4v) is 5.96. The summed E-state index contributed by atoms with van der Waals surface area (Å²) in [7, 11) is 0. The van der Waals surface area contributed by atoms with E-state index in [1.165, 1.54) is 47.7 Å². The molecule has 3 aliphatic rings.